The van der Waals surface area contributed by atoms with Gasteiger partial charge in [-0.15, -0.1) is 0 Å². The number of aromatic hydroxyl groups is 1. The Labute approximate surface area is 117 Å². The molecule has 0 aliphatic rings. The lowest BCUT2D eigenvalue weighted by Gasteiger charge is -2.11. The van der Waals surface area contributed by atoms with Crippen molar-refractivity contribution in [2.75, 3.05) is 26.9 Å². The van der Waals surface area contributed by atoms with E-state index in [2.05, 4.69) is 4.98 Å². The van der Waals surface area contributed by atoms with Crippen LogP contribution in [0.5, 0.6) is 5.88 Å². The van der Waals surface area contributed by atoms with E-state index in [1.165, 1.54) is 4.57 Å². The molecule has 0 aromatic carbocycles. The van der Waals surface area contributed by atoms with Gasteiger partial charge in [-0.1, -0.05) is 13.3 Å². The lowest BCUT2D eigenvalue weighted by Crippen LogP contribution is -2.32. The van der Waals surface area contributed by atoms with E-state index in [0.717, 1.165) is 6.42 Å². The van der Waals surface area contributed by atoms with Gasteiger partial charge >= 0.3 is 5.69 Å². The van der Waals surface area contributed by atoms with Gasteiger partial charge in [-0.05, 0) is 12.8 Å². The third-order valence-electron chi connectivity index (χ3n) is 2.87. The van der Waals surface area contributed by atoms with E-state index in [1.54, 1.807) is 7.11 Å². The Bertz CT molecular complexity index is 520. The van der Waals surface area contributed by atoms with Crippen LogP contribution in [0.2, 0.25) is 0 Å². The molecule has 0 saturated carbocycles. The molecule has 1 heterocycles. The number of nitrogens with one attached hydrogen (secondary N) is 1. The van der Waals surface area contributed by atoms with E-state index in [-0.39, 0.29) is 11.4 Å². The summed E-state index contributed by atoms with van der Waals surface area (Å²) in [6.45, 7) is 3.66. The Morgan fingerprint density at radius 2 is 2.00 bits per heavy atom. The fourth-order valence-electron chi connectivity index (χ4n) is 1.85. The van der Waals surface area contributed by atoms with Crippen LogP contribution in [-0.2, 0) is 22.4 Å². The molecule has 0 aliphatic heterocycles. The van der Waals surface area contributed by atoms with Gasteiger partial charge in [0.05, 0.1) is 18.8 Å². The maximum atomic E-state index is 11.7. The molecular weight excluding hydrogens is 264 g/mol. The zero-order valence-corrected chi connectivity index (χ0v) is 12.0. The van der Waals surface area contributed by atoms with E-state index in [0.29, 0.717) is 39.2 Å². The fraction of sp³-hybridized carbons (Fsp3) is 0.692. The minimum Gasteiger partial charge on any atom is -0.494 e. The largest absolute Gasteiger partial charge is 0.494 e. The molecule has 0 atom stereocenters. The Morgan fingerprint density at radius 1 is 1.25 bits per heavy atom. The van der Waals surface area contributed by atoms with Gasteiger partial charge in [0.15, 0.2) is 0 Å². The number of aromatic amines is 1. The summed E-state index contributed by atoms with van der Waals surface area (Å²) in [6.07, 6.45) is 1.72. The molecule has 7 heteroatoms. The number of nitrogens with zero attached hydrogens (tertiary/aromatic N) is 1. The van der Waals surface area contributed by atoms with Crippen LogP contribution in [0.3, 0.4) is 0 Å². The SMILES string of the molecule is CCCc1c(O)n(CCCOCCOC)c(=O)[nH]c1=O. The van der Waals surface area contributed by atoms with Gasteiger partial charge < -0.3 is 14.6 Å². The van der Waals surface area contributed by atoms with Crippen LogP contribution < -0.4 is 11.2 Å². The van der Waals surface area contributed by atoms with Crippen molar-refractivity contribution in [3.8, 4) is 5.88 Å². The van der Waals surface area contributed by atoms with Gasteiger partial charge in [0.2, 0.25) is 5.88 Å². The van der Waals surface area contributed by atoms with Gasteiger partial charge in [0.1, 0.15) is 0 Å². The summed E-state index contributed by atoms with van der Waals surface area (Å²) >= 11 is 0. The van der Waals surface area contributed by atoms with Crippen LogP contribution in [0, 0.1) is 0 Å². The smallest absolute Gasteiger partial charge is 0.331 e. The van der Waals surface area contributed by atoms with Crippen molar-refractivity contribution >= 4 is 0 Å². The number of rotatable bonds is 9. The molecule has 114 valence electrons. The van der Waals surface area contributed by atoms with Crippen LogP contribution >= 0.6 is 0 Å². The van der Waals surface area contributed by atoms with Gasteiger partial charge in [-0.3, -0.25) is 14.3 Å². The fourth-order valence-corrected chi connectivity index (χ4v) is 1.85. The Hall–Kier alpha value is -1.60. The van der Waals surface area contributed by atoms with Crippen LogP contribution in [0.4, 0.5) is 0 Å². The number of aromatic nitrogens is 2. The second-order valence-corrected chi connectivity index (χ2v) is 4.42. The summed E-state index contributed by atoms with van der Waals surface area (Å²) in [5, 5.41) is 10.0. The summed E-state index contributed by atoms with van der Waals surface area (Å²) in [5.74, 6) is -0.238. The molecule has 0 saturated heterocycles. The van der Waals surface area contributed by atoms with Crippen LogP contribution in [0.1, 0.15) is 25.3 Å². The molecule has 1 aromatic heterocycles. The number of methoxy groups -OCH3 is 1. The zero-order valence-electron chi connectivity index (χ0n) is 12.0. The molecule has 0 spiro atoms. The van der Waals surface area contributed by atoms with Crippen LogP contribution in [-0.4, -0.2) is 41.6 Å². The summed E-state index contributed by atoms with van der Waals surface area (Å²) in [6, 6.07) is 0. The van der Waals surface area contributed by atoms with Gasteiger partial charge in [-0.2, -0.15) is 0 Å². The monoisotopic (exact) mass is 286 g/mol. The summed E-state index contributed by atoms with van der Waals surface area (Å²) in [5.41, 5.74) is -0.849. The van der Waals surface area contributed by atoms with E-state index in [9.17, 15) is 14.7 Å². The van der Waals surface area contributed by atoms with Crippen molar-refractivity contribution in [3.05, 3.63) is 26.4 Å². The zero-order chi connectivity index (χ0) is 15.0. The topological polar surface area (TPSA) is 93.6 Å². The molecular formula is C13H22N2O5. The van der Waals surface area contributed by atoms with Crippen LogP contribution in [0.15, 0.2) is 9.59 Å². The third kappa shape index (κ3) is 4.50. The van der Waals surface area contributed by atoms with E-state index >= 15 is 0 Å². The van der Waals surface area contributed by atoms with Gasteiger partial charge in [-0.25, -0.2) is 4.79 Å². The molecule has 2 N–H and O–H groups in total. The average molecular weight is 286 g/mol. The first-order chi connectivity index (χ1) is 9.61. The molecule has 1 aromatic rings. The lowest BCUT2D eigenvalue weighted by atomic mass is 10.2. The van der Waals surface area contributed by atoms with E-state index in [4.69, 9.17) is 9.47 Å². The standard InChI is InChI=1S/C13H22N2O5/c1-3-5-10-11(16)14-13(18)15(12(10)17)6-4-7-20-9-8-19-2/h17H,3-9H2,1-2H3,(H,14,16,18). The number of ether oxygens (including phenoxy) is 2. The van der Waals surface area contributed by atoms with Crippen molar-refractivity contribution in [2.24, 2.45) is 0 Å². The predicted octanol–water partition coefficient (Wildman–Crippen LogP) is 0.248. The molecule has 1 rings (SSSR count). The molecule has 0 aliphatic carbocycles. The maximum absolute atomic E-state index is 11.7. The highest BCUT2D eigenvalue weighted by Crippen LogP contribution is 2.12. The highest BCUT2D eigenvalue weighted by atomic mass is 16.5. The van der Waals surface area contributed by atoms with E-state index in [1.807, 2.05) is 6.92 Å². The molecule has 0 fully saturated rings. The first kappa shape index (κ1) is 16.5. The molecule has 0 amide bonds. The normalized spacial score (nSPS) is 10.9. The van der Waals surface area contributed by atoms with Crippen molar-refractivity contribution in [1.29, 1.82) is 0 Å². The first-order valence-electron chi connectivity index (χ1n) is 6.73. The summed E-state index contributed by atoms with van der Waals surface area (Å²) in [4.78, 5) is 25.5. The van der Waals surface area contributed by atoms with Crippen molar-refractivity contribution in [1.82, 2.24) is 9.55 Å². The van der Waals surface area contributed by atoms with Crippen molar-refractivity contribution < 1.29 is 14.6 Å². The number of hydrogen-bond acceptors (Lipinski definition) is 5. The second-order valence-electron chi connectivity index (χ2n) is 4.42. The Balaban J connectivity index is 2.68. The first-order valence-corrected chi connectivity index (χ1v) is 6.73. The molecule has 0 radical (unpaired) electrons. The lowest BCUT2D eigenvalue weighted by molar-refractivity contribution is 0.0676. The molecule has 0 bridgehead atoms. The Kier molecular flexibility index (Phi) is 7.03. The molecule has 0 unspecified atom stereocenters. The summed E-state index contributed by atoms with van der Waals surface area (Å²) in [7, 11) is 1.59. The second kappa shape index (κ2) is 8.55. The molecule has 7 nitrogen and oxygen atoms in total. The summed E-state index contributed by atoms with van der Waals surface area (Å²) < 4.78 is 11.3. The highest BCUT2D eigenvalue weighted by molar-refractivity contribution is 5.22. The van der Waals surface area contributed by atoms with E-state index < -0.39 is 11.2 Å². The third-order valence-corrected chi connectivity index (χ3v) is 2.87. The quantitative estimate of drug-likeness (QED) is 0.635. The Morgan fingerprint density at radius 3 is 2.65 bits per heavy atom. The van der Waals surface area contributed by atoms with Gasteiger partial charge in [0.25, 0.3) is 5.56 Å². The van der Waals surface area contributed by atoms with Crippen molar-refractivity contribution in [2.45, 2.75) is 32.7 Å². The van der Waals surface area contributed by atoms with Crippen LogP contribution in [0.25, 0.3) is 0 Å². The minimum atomic E-state index is -0.593. The number of H-pyrrole nitrogens is 1. The molecule has 20 heavy (non-hydrogen) atoms. The highest BCUT2D eigenvalue weighted by Gasteiger charge is 2.12. The van der Waals surface area contributed by atoms with Gasteiger partial charge in [0, 0.05) is 20.3 Å². The predicted molar refractivity (Wildman–Crippen MR) is 74.3 cm³/mol. The number of hydrogen-bond donors (Lipinski definition) is 2. The van der Waals surface area contributed by atoms with Crippen molar-refractivity contribution in [3.63, 3.8) is 0 Å². The maximum Gasteiger partial charge on any atom is 0.331 e. The minimum absolute atomic E-state index is 0.238. The average Bonchev–Trinajstić information content (AvgIpc) is 2.41.